The molecule has 2 rings (SSSR count). The Morgan fingerprint density at radius 3 is 2.35 bits per heavy atom. The van der Waals surface area contributed by atoms with E-state index in [0.29, 0.717) is 5.56 Å². The van der Waals surface area contributed by atoms with Gasteiger partial charge in [0.05, 0.1) is 22.2 Å². The maximum Gasteiger partial charge on any atom is 0.419 e. The van der Waals surface area contributed by atoms with E-state index in [4.69, 9.17) is 21.6 Å². The average molecular weight is 298 g/mol. The molecule has 0 N–H and O–H groups in total. The van der Waals surface area contributed by atoms with E-state index in [1.54, 1.807) is 0 Å². The van der Waals surface area contributed by atoms with Crippen molar-refractivity contribution in [1.82, 2.24) is 0 Å². The molecule has 0 aliphatic heterocycles. The number of para-hydroxylation sites is 1. The predicted octanol–water partition coefficient (Wildman–Crippen LogP) is 5.02. The highest BCUT2D eigenvalue weighted by molar-refractivity contribution is 6.32. The lowest BCUT2D eigenvalue weighted by Crippen LogP contribution is -2.06. The molecule has 0 radical (unpaired) electrons. The maximum atomic E-state index is 12.8. The summed E-state index contributed by atoms with van der Waals surface area (Å²) in [6.07, 6.45) is -4.52. The summed E-state index contributed by atoms with van der Waals surface area (Å²) in [4.78, 5) is 0. The fourth-order valence-electron chi connectivity index (χ4n) is 1.56. The number of rotatable bonds is 2. The lowest BCUT2D eigenvalue weighted by atomic mass is 10.2. The minimum atomic E-state index is -4.52. The van der Waals surface area contributed by atoms with Gasteiger partial charge in [0.25, 0.3) is 0 Å². The first-order valence-electron chi connectivity index (χ1n) is 5.45. The smallest absolute Gasteiger partial charge is 0.419 e. The first-order chi connectivity index (χ1) is 9.41. The predicted molar refractivity (Wildman–Crippen MR) is 67.7 cm³/mol. The Hall–Kier alpha value is -2.19. The second-order valence-electron chi connectivity index (χ2n) is 3.85. The van der Waals surface area contributed by atoms with E-state index in [-0.39, 0.29) is 16.5 Å². The molecule has 20 heavy (non-hydrogen) atoms. The molecule has 0 spiro atoms. The van der Waals surface area contributed by atoms with E-state index in [1.807, 2.05) is 6.07 Å². The first kappa shape index (κ1) is 14.2. The van der Waals surface area contributed by atoms with E-state index in [1.165, 1.54) is 36.4 Å². The monoisotopic (exact) mass is 297 g/mol. The van der Waals surface area contributed by atoms with Crippen LogP contribution in [-0.4, -0.2) is 0 Å². The van der Waals surface area contributed by atoms with E-state index in [2.05, 4.69) is 0 Å². The van der Waals surface area contributed by atoms with Gasteiger partial charge in [0, 0.05) is 0 Å². The molecule has 2 aromatic rings. The minimum absolute atomic E-state index is 0.0577. The number of ether oxygens (including phenoxy) is 1. The zero-order valence-corrected chi connectivity index (χ0v) is 10.7. The van der Waals surface area contributed by atoms with Gasteiger partial charge >= 0.3 is 6.18 Å². The van der Waals surface area contributed by atoms with Crippen molar-refractivity contribution < 1.29 is 17.9 Å². The number of nitriles is 1. The second kappa shape index (κ2) is 5.43. The fraction of sp³-hybridized carbons (Fsp3) is 0.0714. The lowest BCUT2D eigenvalue weighted by Gasteiger charge is -2.14. The van der Waals surface area contributed by atoms with Crippen LogP contribution in [0.3, 0.4) is 0 Å². The van der Waals surface area contributed by atoms with Crippen LogP contribution >= 0.6 is 11.6 Å². The Morgan fingerprint density at radius 1 is 1.05 bits per heavy atom. The van der Waals surface area contributed by atoms with E-state index in [0.717, 1.165) is 6.07 Å². The van der Waals surface area contributed by atoms with Gasteiger partial charge in [-0.3, -0.25) is 0 Å². The van der Waals surface area contributed by atoms with Crippen molar-refractivity contribution in [3.8, 4) is 17.6 Å². The number of nitrogens with zero attached hydrogens (tertiary/aromatic N) is 1. The molecule has 0 heterocycles. The van der Waals surface area contributed by atoms with Crippen LogP contribution in [0.25, 0.3) is 0 Å². The highest BCUT2D eigenvalue weighted by Crippen LogP contribution is 2.39. The molecular formula is C14H7ClF3NO. The summed E-state index contributed by atoms with van der Waals surface area (Å²) in [6, 6.07) is 10.8. The van der Waals surface area contributed by atoms with Crippen LogP contribution in [0.15, 0.2) is 42.5 Å². The molecule has 0 aliphatic carbocycles. The molecule has 102 valence electrons. The van der Waals surface area contributed by atoms with Gasteiger partial charge < -0.3 is 4.74 Å². The normalized spacial score (nSPS) is 10.9. The Morgan fingerprint density at radius 2 is 1.75 bits per heavy atom. The van der Waals surface area contributed by atoms with Crippen LogP contribution in [0.4, 0.5) is 13.2 Å². The van der Waals surface area contributed by atoms with Crippen molar-refractivity contribution in [2.75, 3.05) is 0 Å². The van der Waals surface area contributed by atoms with Crippen molar-refractivity contribution in [2.45, 2.75) is 6.18 Å². The molecule has 0 amide bonds. The van der Waals surface area contributed by atoms with Crippen LogP contribution in [0, 0.1) is 11.3 Å². The Balaban J connectivity index is 2.39. The largest absolute Gasteiger partial charge is 0.455 e. The van der Waals surface area contributed by atoms with Gasteiger partial charge in [-0.25, -0.2) is 0 Å². The first-order valence-corrected chi connectivity index (χ1v) is 5.83. The summed E-state index contributed by atoms with van der Waals surface area (Å²) in [7, 11) is 0. The van der Waals surface area contributed by atoms with Gasteiger partial charge in [-0.2, -0.15) is 18.4 Å². The molecule has 0 aliphatic rings. The van der Waals surface area contributed by atoms with Gasteiger partial charge in [-0.1, -0.05) is 23.7 Å². The summed E-state index contributed by atoms with van der Waals surface area (Å²) < 4.78 is 43.6. The number of hydrogen-bond acceptors (Lipinski definition) is 2. The summed E-state index contributed by atoms with van der Waals surface area (Å²) in [5, 5.41) is 8.77. The molecule has 0 saturated heterocycles. The molecule has 2 nitrogen and oxygen atoms in total. The standard InChI is InChI=1S/C14H7ClF3NO/c15-11-7-9(8-19)5-6-13(11)20-12-4-2-1-3-10(12)14(16,17)18/h1-7H. The van der Waals surface area contributed by atoms with E-state index >= 15 is 0 Å². The molecule has 0 saturated carbocycles. The quantitative estimate of drug-likeness (QED) is 0.779. The average Bonchev–Trinajstić information content (AvgIpc) is 2.40. The Kier molecular flexibility index (Phi) is 3.86. The SMILES string of the molecule is N#Cc1ccc(Oc2ccccc2C(F)(F)F)c(Cl)c1. The van der Waals surface area contributed by atoms with Crippen LogP contribution in [0.2, 0.25) is 5.02 Å². The van der Waals surface area contributed by atoms with Crippen LogP contribution < -0.4 is 4.74 Å². The highest BCUT2D eigenvalue weighted by atomic mass is 35.5. The minimum Gasteiger partial charge on any atom is -0.455 e. The van der Waals surface area contributed by atoms with Crippen molar-refractivity contribution in [3.63, 3.8) is 0 Å². The molecule has 2 aromatic carbocycles. The number of alkyl halides is 3. The molecule has 0 atom stereocenters. The van der Waals surface area contributed by atoms with Crippen LogP contribution in [-0.2, 0) is 6.18 Å². The molecule has 0 bridgehead atoms. The van der Waals surface area contributed by atoms with Gasteiger partial charge in [0.2, 0.25) is 0 Å². The van der Waals surface area contributed by atoms with E-state index in [9.17, 15) is 13.2 Å². The fourth-order valence-corrected chi connectivity index (χ4v) is 1.78. The number of hydrogen-bond donors (Lipinski definition) is 0. The summed E-state index contributed by atoms with van der Waals surface area (Å²) in [5.74, 6) is -0.283. The van der Waals surface area contributed by atoms with E-state index < -0.39 is 11.7 Å². The molecule has 0 fully saturated rings. The third kappa shape index (κ3) is 3.03. The molecule has 0 unspecified atom stereocenters. The van der Waals surface area contributed by atoms with Gasteiger partial charge in [0.15, 0.2) is 0 Å². The third-order valence-electron chi connectivity index (χ3n) is 2.47. The summed E-state index contributed by atoms with van der Waals surface area (Å²) >= 11 is 5.87. The topological polar surface area (TPSA) is 33.0 Å². The lowest BCUT2D eigenvalue weighted by molar-refractivity contribution is -0.138. The zero-order chi connectivity index (χ0) is 14.8. The van der Waals surface area contributed by atoms with Crippen molar-refractivity contribution in [3.05, 3.63) is 58.6 Å². The summed E-state index contributed by atoms with van der Waals surface area (Å²) in [6.45, 7) is 0. The van der Waals surface area contributed by atoms with Crippen LogP contribution in [0.1, 0.15) is 11.1 Å². The van der Waals surface area contributed by atoms with Gasteiger partial charge in [-0.05, 0) is 30.3 Å². The molecular weight excluding hydrogens is 291 g/mol. The zero-order valence-electron chi connectivity index (χ0n) is 9.91. The number of benzene rings is 2. The van der Waals surface area contributed by atoms with Crippen molar-refractivity contribution in [2.24, 2.45) is 0 Å². The maximum absolute atomic E-state index is 12.8. The van der Waals surface area contributed by atoms with Crippen LogP contribution in [0.5, 0.6) is 11.5 Å². The van der Waals surface area contributed by atoms with Crippen molar-refractivity contribution >= 4 is 11.6 Å². The second-order valence-corrected chi connectivity index (χ2v) is 4.26. The van der Waals surface area contributed by atoms with Crippen molar-refractivity contribution in [1.29, 1.82) is 5.26 Å². The molecule has 6 heteroatoms. The summed E-state index contributed by atoms with van der Waals surface area (Å²) in [5.41, 5.74) is -0.591. The molecule has 0 aromatic heterocycles. The Bertz CT molecular complexity index is 677. The highest BCUT2D eigenvalue weighted by Gasteiger charge is 2.34. The van der Waals surface area contributed by atoms with Gasteiger partial charge in [-0.15, -0.1) is 0 Å². The third-order valence-corrected chi connectivity index (χ3v) is 2.77. The number of halogens is 4. The Labute approximate surface area is 118 Å². The van der Waals surface area contributed by atoms with Gasteiger partial charge in [0.1, 0.15) is 11.5 Å².